The van der Waals surface area contributed by atoms with Crippen molar-refractivity contribution in [3.05, 3.63) is 46.7 Å². The van der Waals surface area contributed by atoms with Crippen molar-refractivity contribution in [3.8, 4) is 0 Å². The highest BCUT2D eigenvalue weighted by molar-refractivity contribution is 7.89. The number of nitrogens with one attached hydrogen (secondary N) is 1. The maximum atomic E-state index is 12.5. The minimum absolute atomic E-state index is 0.133. The van der Waals surface area contributed by atoms with Crippen LogP contribution in [0.2, 0.25) is 0 Å². The van der Waals surface area contributed by atoms with Crippen molar-refractivity contribution in [2.24, 2.45) is 0 Å². The Labute approximate surface area is 134 Å². The maximum Gasteiger partial charge on any atom is 0.255 e. The van der Waals surface area contributed by atoms with E-state index in [0.29, 0.717) is 24.3 Å². The molecule has 1 aromatic heterocycles. The first-order chi connectivity index (χ1) is 10.5. The van der Waals surface area contributed by atoms with Gasteiger partial charge in [0.25, 0.3) is 5.91 Å². The van der Waals surface area contributed by atoms with Crippen LogP contribution in [-0.2, 0) is 10.0 Å². The van der Waals surface area contributed by atoms with Gasteiger partial charge in [-0.15, -0.1) is 0 Å². The van der Waals surface area contributed by atoms with Gasteiger partial charge in [0.15, 0.2) is 0 Å². The van der Waals surface area contributed by atoms with Gasteiger partial charge in [-0.2, -0.15) is 15.6 Å². The Hall–Kier alpha value is -1.70. The number of sulfonamides is 1. The van der Waals surface area contributed by atoms with Crippen molar-refractivity contribution in [1.29, 1.82) is 0 Å². The molecule has 1 amide bonds. The van der Waals surface area contributed by atoms with Gasteiger partial charge in [-0.3, -0.25) is 4.79 Å². The first-order valence-corrected chi connectivity index (χ1v) is 9.31. The maximum absolute atomic E-state index is 12.5. The largest absolute Gasteiger partial charge is 0.321 e. The Morgan fingerprint density at radius 2 is 1.95 bits per heavy atom. The number of amides is 1. The Morgan fingerprint density at radius 3 is 2.55 bits per heavy atom. The van der Waals surface area contributed by atoms with Crippen LogP contribution < -0.4 is 5.32 Å². The highest BCUT2D eigenvalue weighted by Crippen LogP contribution is 2.18. The van der Waals surface area contributed by atoms with Crippen LogP contribution in [-0.4, -0.2) is 31.7 Å². The van der Waals surface area contributed by atoms with E-state index in [2.05, 4.69) is 5.32 Å². The summed E-state index contributed by atoms with van der Waals surface area (Å²) in [4.78, 5) is 12.3. The lowest BCUT2D eigenvalue weighted by atomic mass is 10.2. The molecule has 0 atom stereocenters. The molecule has 1 aromatic carbocycles. The fourth-order valence-electron chi connectivity index (χ4n) is 2.05. The van der Waals surface area contributed by atoms with Gasteiger partial charge in [0.1, 0.15) is 0 Å². The molecule has 0 aliphatic rings. The Bertz CT molecular complexity index is 736. The predicted molar refractivity (Wildman–Crippen MR) is 88.8 cm³/mol. The number of anilines is 1. The Balaban J connectivity index is 2.28. The second-order valence-corrected chi connectivity index (χ2v) is 7.30. The average molecular weight is 338 g/mol. The Kier molecular flexibility index (Phi) is 5.33. The fraction of sp³-hybridized carbons (Fsp3) is 0.267. The molecule has 0 unspecified atom stereocenters. The van der Waals surface area contributed by atoms with Gasteiger partial charge in [0.05, 0.1) is 10.6 Å². The number of benzene rings is 1. The van der Waals surface area contributed by atoms with Gasteiger partial charge in [-0.25, -0.2) is 8.42 Å². The highest BCUT2D eigenvalue weighted by Gasteiger charge is 2.22. The SMILES string of the molecule is CCN(CC)S(=O)(=O)c1cccc(C(=O)Nc2ccsc2)c1. The molecule has 7 heteroatoms. The van der Waals surface area contributed by atoms with E-state index >= 15 is 0 Å². The zero-order valence-corrected chi connectivity index (χ0v) is 14.1. The highest BCUT2D eigenvalue weighted by atomic mass is 32.2. The van der Waals surface area contributed by atoms with E-state index in [-0.39, 0.29) is 10.8 Å². The lowest BCUT2D eigenvalue weighted by Crippen LogP contribution is -2.30. The molecule has 2 aromatic rings. The standard InChI is InChI=1S/C15H18N2O3S2/c1-3-17(4-2)22(19,20)14-7-5-6-12(10-14)15(18)16-13-8-9-21-11-13/h5-11H,3-4H2,1-2H3,(H,16,18). The molecular weight excluding hydrogens is 320 g/mol. The summed E-state index contributed by atoms with van der Waals surface area (Å²) in [5.41, 5.74) is 1.02. The first kappa shape index (κ1) is 16.7. The Morgan fingerprint density at radius 1 is 1.23 bits per heavy atom. The average Bonchev–Trinajstić information content (AvgIpc) is 3.01. The zero-order valence-electron chi connectivity index (χ0n) is 12.4. The molecule has 118 valence electrons. The van der Waals surface area contributed by atoms with E-state index in [4.69, 9.17) is 0 Å². The van der Waals surface area contributed by atoms with E-state index in [1.165, 1.54) is 27.8 Å². The van der Waals surface area contributed by atoms with Crippen LogP contribution in [0.5, 0.6) is 0 Å². The van der Waals surface area contributed by atoms with E-state index in [1.54, 1.807) is 32.0 Å². The molecule has 1 N–H and O–H groups in total. The number of hydrogen-bond acceptors (Lipinski definition) is 4. The second-order valence-electron chi connectivity index (χ2n) is 4.58. The van der Waals surface area contributed by atoms with E-state index in [1.807, 2.05) is 10.8 Å². The molecule has 0 spiro atoms. The number of carbonyl (C=O) groups excluding carboxylic acids is 1. The fourth-order valence-corrected chi connectivity index (χ4v) is 4.14. The minimum atomic E-state index is -3.56. The number of thiophene rings is 1. The van der Waals surface area contributed by atoms with Gasteiger partial charge in [0.2, 0.25) is 10.0 Å². The third kappa shape index (κ3) is 3.55. The van der Waals surface area contributed by atoms with Crippen LogP contribution in [0, 0.1) is 0 Å². The van der Waals surface area contributed by atoms with E-state index < -0.39 is 10.0 Å². The minimum Gasteiger partial charge on any atom is -0.321 e. The van der Waals surface area contributed by atoms with Crippen molar-refractivity contribution in [2.45, 2.75) is 18.7 Å². The van der Waals surface area contributed by atoms with Crippen LogP contribution in [0.25, 0.3) is 0 Å². The summed E-state index contributed by atoms with van der Waals surface area (Å²) in [5, 5.41) is 6.41. The van der Waals surface area contributed by atoms with Gasteiger partial charge < -0.3 is 5.32 Å². The summed E-state index contributed by atoms with van der Waals surface area (Å²) in [6, 6.07) is 7.89. The van der Waals surface area contributed by atoms with Crippen molar-refractivity contribution in [2.75, 3.05) is 18.4 Å². The number of rotatable bonds is 6. The molecule has 22 heavy (non-hydrogen) atoms. The van der Waals surface area contributed by atoms with Crippen LogP contribution in [0.3, 0.4) is 0 Å². The van der Waals surface area contributed by atoms with Gasteiger partial charge in [-0.05, 0) is 29.6 Å². The second kappa shape index (κ2) is 7.04. The summed E-state index contributed by atoms with van der Waals surface area (Å²) in [7, 11) is -3.56. The lowest BCUT2D eigenvalue weighted by Gasteiger charge is -2.18. The van der Waals surface area contributed by atoms with Gasteiger partial charge in [-0.1, -0.05) is 19.9 Å². The monoisotopic (exact) mass is 338 g/mol. The van der Waals surface area contributed by atoms with Crippen molar-refractivity contribution < 1.29 is 13.2 Å². The number of nitrogens with zero attached hydrogens (tertiary/aromatic N) is 1. The summed E-state index contributed by atoms with van der Waals surface area (Å²) in [6.07, 6.45) is 0. The summed E-state index contributed by atoms with van der Waals surface area (Å²) in [5.74, 6) is -0.324. The van der Waals surface area contributed by atoms with E-state index in [0.717, 1.165) is 0 Å². The summed E-state index contributed by atoms with van der Waals surface area (Å²) >= 11 is 1.48. The first-order valence-electron chi connectivity index (χ1n) is 6.92. The predicted octanol–water partition coefficient (Wildman–Crippen LogP) is 3.03. The molecule has 5 nitrogen and oxygen atoms in total. The third-order valence-electron chi connectivity index (χ3n) is 3.22. The van der Waals surface area contributed by atoms with Crippen LogP contribution in [0.15, 0.2) is 46.0 Å². The normalized spacial score (nSPS) is 11.6. The van der Waals surface area contributed by atoms with Gasteiger partial charge >= 0.3 is 0 Å². The molecular formula is C15H18N2O3S2. The molecule has 0 radical (unpaired) electrons. The van der Waals surface area contributed by atoms with Crippen LogP contribution in [0.4, 0.5) is 5.69 Å². The van der Waals surface area contributed by atoms with Gasteiger partial charge in [0, 0.05) is 24.0 Å². The van der Waals surface area contributed by atoms with Crippen molar-refractivity contribution >= 4 is 33.0 Å². The van der Waals surface area contributed by atoms with Crippen LogP contribution in [0.1, 0.15) is 24.2 Å². The molecule has 0 bridgehead atoms. The van der Waals surface area contributed by atoms with E-state index in [9.17, 15) is 13.2 Å². The summed E-state index contributed by atoms with van der Waals surface area (Å²) in [6.45, 7) is 4.36. The lowest BCUT2D eigenvalue weighted by molar-refractivity contribution is 0.102. The number of hydrogen-bond donors (Lipinski definition) is 1. The topological polar surface area (TPSA) is 66.5 Å². The molecule has 0 aliphatic carbocycles. The summed E-state index contributed by atoms with van der Waals surface area (Å²) < 4.78 is 26.3. The van der Waals surface area contributed by atoms with Crippen molar-refractivity contribution in [1.82, 2.24) is 4.31 Å². The third-order valence-corrected chi connectivity index (χ3v) is 5.95. The molecule has 0 saturated carbocycles. The molecule has 0 aliphatic heterocycles. The number of carbonyl (C=O) groups is 1. The smallest absolute Gasteiger partial charge is 0.255 e. The quantitative estimate of drug-likeness (QED) is 0.880. The molecule has 1 heterocycles. The molecule has 2 rings (SSSR count). The molecule has 0 fully saturated rings. The zero-order chi connectivity index (χ0) is 16.2. The van der Waals surface area contributed by atoms with Crippen LogP contribution >= 0.6 is 11.3 Å². The molecule has 0 saturated heterocycles. The van der Waals surface area contributed by atoms with Crippen molar-refractivity contribution in [3.63, 3.8) is 0 Å².